The largest absolute Gasteiger partial charge is 0.508 e. The zero-order valence-electron chi connectivity index (χ0n) is 72.4. The molecule has 0 aliphatic heterocycles. The molecule has 0 atom stereocenters. The lowest BCUT2D eigenvalue weighted by Gasteiger charge is -2.41. The van der Waals surface area contributed by atoms with E-state index in [4.69, 9.17) is 143 Å². The number of hydrogen-bond acceptors (Lipinski definition) is 17. The second-order valence-electron chi connectivity index (χ2n) is 29.3. The quantitative estimate of drug-likeness (QED) is 0.00527. The summed E-state index contributed by atoms with van der Waals surface area (Å²) in [4.78, 5) is 60.4. The Bertz CT molecular complexity index is 3780. The molecule has 0 fully saturated rings. The van der Waals surface area contributed by atoms with Gasteiger partial charge in [-0.25, -0.2) is 45.9 Å². The van der Waals surface area contributed by atoms with Crippen LogP contribution in [0.25, 0.3) is 0 Å². The Morgan fingerprint density at radius 3 is 0.800 bits per heavy atom. The van der Waals surface area contributed by atoms with Crippen molar-refractivity contribution in [1.82, 2.24) is 0 Å². The van der Waals surface area contributed by atoms with Crippen LogP contribution in [0.4, 0.5) is 22.0 Å². The van der Waals surface area contributed by atoms with Crippen molar-refractivity contribution in [2.45, 2.75) is 133 Å². The van der Waals surface area contributed by atoms with Crippen LogP contribution in [0.5, 0.6) is 28.7 Å². The molecule has 5 aromatic carbocycles. The van der Waals surface area contributed by atoms with Crippen LogP contribution in [0, 0.1) is 69.5 Å². The Balaban J connectivity index is 0. The molecule has 0 spiro atoms. The third kappa shape index (κ3) is 48.0. The van der Waals surface area contributed by atoms with Crippen molar-refractivity contribution < 1.29 is 117 Å². The van der Waals surface area contributed by atoms with E-state index >= 15 is 0 Å². The van der Waals surface area contributed by atoms with Gasteiger partial charge >= 0.3 is 40.2 Å². The van der Waals surface area contributed by atoms with Crippen LogP contribution >= 0.6 is 79.6 Å². The van der Waals surface area contributed by atoms with E-state index in [0.717, 1.165) is 134 Å². The first kappa shape index (κ1) is 123. The van der Waals surface area contributed by atoms with Gasteiger partial charge in [-0.05, 0) is 121 Å². The Kier molecular flexibility index (Phi) is 65.6. The van der Waals surface area contributed by atoms with E-state index in [0.29, 0.717) is 23.9 Å². The highest BCUT2D eigenvalue weighted by Gasteiger charge is 2.43. The van der Waals surface area contributed by atoms with Crippen LogP contribution in [0.2, 0.25) is 0 Å². The smallest absolute Gasteiger partial charge is 0.394 e. The zero-order valence-corrected chi connectivity index (χ0v) is 81.1. The maximum absolute atomic E-state index is 14.8. The summed E-state index contributed by atoms with van der Waals surface area (Å²) in [5, 5.41) is 39.0. The number of aliphatic hydroxyl groups excluding tert-OH is 1. The lowest BCUT2D eigenvalue weighted by atomic mass is 8.40. The molecular weight excluding hydrogens is 1950 g/mol. The minimum Gasteiger partial charge on any atom is -0.508 e. The molecule has 0 bridgehead atoms. The average molecular weight is 2060 g/mol. The molecule has 125 heavy (non-hydrogen) atoms. The highest BCUT2D eigenvalue weighted by atomic mass is 79.9. The number of esters is 4. The molecular formula is C75H102B19Br5F5O20S. The molecule has 0 saturated heterocycles. The highest BCUT2D eigenvalue weighted by Crippen LogP contribution is 2.32. The summed E-state index contributed by atoms with van der Waals surface area (Å²) in [6, 6.07) is 17.3. The van der Waals surface area contributed by atoms with Gasteiger partial charge in [-0.15, -0.1) is 0 Å². The lowest BCUT2D eigenvalue weighted by molar-refractivity contribution is 0.0415. The summed E-state index contributed by atoms with van der Waals surface area (Å²) in [6.07, 6.45) is 3.12. The Morgan fingerprint density at radius 2 is 0.616 bits per heavy atom. The maximum Gasteiger partial charge on any atom is 0.394 e. The fourth-order valence-corrected chi connectivity index (χ4v) is 17.0. The van der Waals surface area contributed by atoms with Crippen LogP contribution in [0.1, 0.15) is 185 Å². The molecule has 0 amide bonds. The number of benzene rings is 5. The number of aromatic hydroxyl groups is 2. The first-order valence-electron chi connectivity index (χ1n) is 40.4. The summed E-state index contributed by atoms with van der Waals surface area (Å²) in [5.74, 6) is -7.11. The number of ether oxygens (including phenoxy) is 7. The van der Waals surface area contributed by atoms with E-state index in [9.17, 15) is 51.0 Å². The standard InChI is InChI=1S/C44H56BrF3O9.C13H17FO3.C7H5FO3.C6H14O.C5H8Br4.B19.H2O4S/c1-7-29(8-2)22-52-41(49)35-19-32(13-16-38(35)46)55-26-44(25-45,27-56-33-14-17-39(47)36(20-33)42(50)53-23-30(9-3)10-4)28-57-34-15-18-40(48)37(21-34)43(51)54-24-31(11-5)12-6;1-3-9(4-2)8-17-13(16)11-7-10(15)5-6-12(11)14;8-6-2-1-4(9)3-5(6)7(10)11;1-3-6(4-2)5-7;6-1-5(2-7,3-8)4-9;1-11-16(10)19(17(12(2)3)13(4)5)18(14(6)7)15(8)9;1-5(2,3)4/h13-21,29-31H,7-12,22-28H2,1-6H3;5-7,9,15H,3-4,8H2,1-2H3;1-3,9H,(H,10,11);6-7H,3-5H2,1-2H3;1-4H2;;(H2,1,2,3,4). The molecule has 5 aromatic rings. The zero-order chi connectivity index (χ0) is 96.1. The second-order valence-corrected chi connectivity index (χ2v) is 33.0. The van der Waals surface area contributed by atoms with Crippen LogP contribution in [0.15, 0.2) is 91.0 Å². The maximum atomic E-state index is 14.8. The Morgan fingerprint density at radius 1 is 0.392 bits per heavy atom. The SMILES string of the molecule is BrCC(CBr)(CBr)CBr.CCC(CC)CO.CCC(CC)COC(=O)c1cc(O)ccc1F.CCC(CC)COC(=O)c1cc(OCC(CBr)(COc2ccc(F)c(C(=O)OCC(CC)CC)c2)COc2ccc(F)c(C(=O)OCC(CC)CC)c2)ccc1F.O=C(O)c1cc(O)ccc1F.O=S(=O)(O)O.[B][B]B([B])B(B(B([B])[B])B([B])[B])B(B([B])[B])B([B])[B]. The molecule has 50 heteroatoms. The first-order chi connectivity index (χ1) is 58.8. The summed E-state index contributed by atoms with van der Waals surface area (Å²) in [6.45, 7) is 20.8. The van der Waals surface area contributed by atoms with Crippen LogP contribution in [0.3, 0.4) is 0 Å². The van der Waals surface area contributed by atoms with Gasteiger partial charge in [0.15, 0.2) is 0 Å². The molecule has 0 heterocycles. The third-order valence-corrected chi connectivity index (χ3v) is 26.0. The number of halogens is 10. The number of carboxylic acids is 1. The van der Waals surface area contributed by atoms with Crippen LogP contribution in [-0.2, 0) is 29.3 Å². The molecule has 0 aliphatic rings. The predicted molar refractivity (Wildman–Crippen MR) is 525 cm³/mol. The van der Waals surface area contributed by atoms with E-state index < -0.39 is 131 Å². The molecule has 0 aromatic heterocycles. The van der Waals surface area contributed by atoms with E-state index in [1.807, 2.05) is 55.4 Å². The van der Waals surface area contributed by atoms with Gasteiger partial charge in [0.1, 0.15) is 77.7 Å². The summed E-state index contributed by atoms with van der Waals surface area (Å²) >= 11 is 17.4. The summed E-state index contributed by atoms with van der Waals surface area (Å²) < 4.78 is 141. The van der Waals surface area contributed by atoms with Crippen molar-refractivity contribution in [1.29, 1.82) is 0 Å². The number of carboxylic acid groups (broad SMARTS) is 1. The minimum atomic E-state index is -4.67. The first-order valence-corrected chi connectivity index (χ1v) is 47.4. The van der Waals surface area contributed by atoms with Gasteiger partial charge in [-0.2, -0.15) is 8.42 Å². The Hall–Kier alpha value is -4.44. The normalized spacial score (nSPS) is 10.8. The van der Waals surface area contributed by atoms with E-state index in [1.165, 1.54) is 49.5 Å². The Labute approximate surface area is 795 Å². The van der Waals surface area contributed by atoms with Gasteiger partial charge in [-0.3, -0.25) is 9.11 Å². The minimum absolute atomic E-state index is 0.136. The number of aromatic carboxylic acids is 1. The van der Waals surface area contributed by atoms with Crippen molar-refractivity contribution in [2.24, 2.45) is 40.4 Å². The highest BCUT2D eigenvalue weighted by molar-refractivity contribution is 9.11. The number of carbonyl (C=O) groups excluding carboxylic acids is 4. The van der Waals surface area contributed by atoms with Crippen molar-refractivity contribution >= 4 is 255 Å². The van der Waals surface area contributed by atoms with Crippen molar-refractivity contribution in [2.75, 3.05) is 79.5 Å². The lowest BCUT2D eigenvalue weighted by Crippen LogP contribution is -2.79. The molecule has 5 rings (SSSR count). The number of phenols is 2. The molecule has 0 aliphatic carbocycles. The van der Waals surface area contributed by atoms with E-state index in [-0.39, 0.29) is 120 Å². The molecule has 21 radical (unpaired) electrons. The van der Waals surface area contributed by atoms with Crippen LogP contribution < -0.4 is 14.2 Å². The number of hydrogen-bond donors (Lipinski definition) is 6. The predicted octanol–water partition coefficient (Wildman–Crippen LogP) is 12.2. The van der Waals surface area contributed by atoms with Gasteiger partial charge in [0.2, 0.25) is 0 Å². The van der Waals surface area contributed by atoms with Crippen molar-refractivity contribution in [3.63, 3.8) is 0 Å². The van der Waals surface area contributed by atoms with Crippen molar-refractivity contribution in [3.8, 4) is 28.7 Å². The fraction of sp³-hybridized carbons (Fsp3) is 0.533. The van der Waals surface area contributed by atoms with Gasteiger partial charge in [0, 0.05) is 174 Å². The molecule has 6 N–H and O–H groups in total. The number of carbonyl (C=O) groups is 5. The molecule has 0 saturated carbocycles. The molecule has 655 valence electrons. The van der Waals surface area contributed by atoms with Gasteiger partial charge in [0.05, 0.1) is 59.7 Å². The second kappa shape index (κ2) is 66.8. The van der Waals surface area contributed by atoms with Gasteiger partial charge in [0.25, 0.3) is 0 Å². The number of rotatable bonds is 46. The van der Waals surface area contributed by atoms with E-state index in [1.54, 1.807) is 0 Å². The van der Waals surface area contributed by atoms with Gasteiger partial charge in [-0.1, -0.05) is 213 Å². The summed E-state index contributed by atoms with van der Waals surface area (Å²) in [5.41, 5.74) is -2.36. The fourth-order valence-electron chi connectivity index (χ4n) is 10.9. The van der Waals surface area contributed by atoms with E-state index in [2.05, 4.69) is 93.5 Å². The topological polar surface area (TPSA) is 305 Å². The number of alkyl halides is 5. The third-order valence-electron chi connectivity index (χ3n) is 20.0. The monoisotopic (exact) mass is 2050 g/mol. The number of aliphatic hydroxyl groups is 1. The average Bonchev–Trinajstić information content (AvgIpc) is 0.819. The molecule has 20 nitrogen and oxygen atoms in total. The van der Waals surface area contributed by atoms with Crippen LogP contribution in [-0.4, -0.2) is 283 Å². The molecule has 0 unspecified atom stereocenters. The summed E-state index contributed by atoms with van der Waals surface area (Å²) in [7, 11) is 53.7. The number of phenolic OH excluding ortho intramolecular Hbond substituents is 2. The van der Waals surface area contributed by atoms with Crippen molar-refractivity contribution in [3.05, 3.63) is 148 Å². The van der Waals surface area contributed by atoms with Gasteiger partial charge < -0.3 is 53.6 Å².